The van der Waals surface area contributed by atoms with Crippen LogP contribution in [0.25, 0.3) is 0 Å². The molecule has 1 saturated heterocycles. The van der Waals surface area contributed by atoms with Gasteiger partial charge in [-0.15, -0.1) is 24.0 Å². The topological polar surface area (TPSA) is 58.1 Å². The Morgan fingerprint density at radius 1 is 1.20 bits per heavy atom. The molecule has 0 amide bonds. The minimum Gasteiger partial charge on any atom is -0.496 e. The number of rotatable bonds is 10. The molecule has 2 rings (SSSR count). The standard InChI is InChI=1S/C20H31F3N4O2.HI/c1-24-19(25-10-7-13-29-15-20(21,22)23)26-14-17(27-11-5-6-12-27)16-8-3-4-9-18(16)28-2;/h3-4,8-9,17H,5-7,10-15H2,1-2H3,(H2,24,25,26);1H. The molecule has 0 radical (unpaired) electrons. The van der Waals surface area contributed by atoms with E-state index >= 15 is 0 Å². The molecule has 1 aliphatic rings. The Hall–Kier alpha value is -1.27. The number of hydrogen-bond acceptors (Lipinski definition) is 4. The molecule has 1 atom stereocenters. The summed E-state index contributed by atoms with van der Waals surface area (Å²) in [6, 6.07) is 8.15. The largest absolute Gasteiger partial charge is 0.496 e. The second-order valence-electron chi connectivity index (χ2n) is 6.90. The first-order valence-corrected chi connectivity index (χ1v) is 9.90. The van der Waals surface area contributed by atoms with Gasteiger partial charge in [-0.05, 0) is 38.4 Å². The van der Waals surface area contributed by atoms with Gasteiger partial charge in [-0.25, -0.2) is 0 Å². The van der Waals surface area contributed by atoms with E-state index in [9.17, 15) is 13.2 Å². The highest BCUT2D eigenvalue weighted by Crippen LogP contribution is 2.31. The molecule has 1 aromatic carbocycles. The van der Waals surface area contributed by atoms with Crippen molar-refractivity contribution in [2.45, 2.75) is 31.5 Å². The average molecular weight is 544 g/mol. The van der Waals surface area contributed by atoms with Gasteiger partial charge in [-0.3, -0.25) is 9.89 Å². The van der Waals surface area contributed by atoms with Gasteiger partial charge in [-0.1, -0.05) is 18.2 Å². The maximum atomic E-state index is 12.1. The highest BCUT2D eigenvalue weighted by atomic mass is 127. The lowest BCUT2D eigenvalue weighted by molar-refractivity contribution is -0.173. The number of alkyl halides is 3. The van der Waals surface area contributed by atoms with Crippen molar-refractivity contribution in [3.05, 3.63) is 29.8 Å². The summed E-state index contributed by atoms with van der Waals surface area (Å²) >= 11 is 0. The van der Waals surface area contributed by atoms with Crippen molar-refractivity contribution in [3.8, 4) is 5.75 Å². The molecule has 2 N–H and O–H groups in total. The van der Waals surface area contributed by atoms with Crippen molar-refractivity contribution in [1.29, 1.82) is 0 Å². The number of nitrogens with one attached hydrogen (secondary N) is 2. The lowest BCUT2D eigenvalue weighted by atomic mass is 10.0. The molecule has 1 aromatic rings. The maximum Gasteiger partial charge on any atom is 0.411 e. The van der Waals surface area contributed by atoms with Gasteiger partial charge in [-0.2, -0.15) is 13.2 Å². The van der Waals surface area contributed by atoms with Crippen molar-refractivity contribution in [1.82, 2.24) is 15.5 Å². The number of benzene rings is 1. The van der Waals surface area contributed by atoms with Crippen LogP contribution in [0, 0.1) is 0 Å². The van der Waals surface area contributed by atoms with E-state index in [1.165, 1.54) is 12.8 Å². The van der Waals surface area contributed by atoms with Crippen LogP contribution in [-0.4, -0.2) is 70.6 Å². The van der Waals surface area contributed by atoms with Crippen molar-refractivity contribution in [2.24, 2.45) is 4.99 Å². The summed E-state index contributed by atoms with van der Waals surface area (Å²) in [5, 5.41) is 6.45. The predicted octanol–water partition coefficient (Wildman–Crippen LogP) is 3.58. The lowest BCUT2D eigenvalue weighted by Crippen LogP contribution is -2.43. The maximum absolute atomic E-state index is 12.1. The lowest BCUT2D eigenvalue weighted by Gasteiger charge is -2.30. The van der Waals surface area contributed by atoms with Crippen LogP contribution in [0.15, 0.2) is 29.3 Å². The molecule has 0 bridgehead atoms. The van der Waals surface area contributed by atoms with Crippen LogP contribution in [0.5, 0.6) is 5.75 Å². The fourth-order valence-electron chi connectivity index (χ4n) is 3.41. The van der Waals surface area contributed by atoms with E-state index in [0.717, 1.165) is 24.4 Å². The van der Waals surface area contributed by atoms with Gasteiger partial charge in [0.15, 0.2) is 5.96 Å². The highest BCUT2D eigenvalue weighted by Gasteiger charge is 2.27. The third-order valence-corrected chi connectivity index (χ3v) is 4.79. The van der Waals surface area contributed by atoms with Gasteiger partial charge < -0.3 is 20.1 Å². The Balaban J connectivity index is 0.00000450. The first-order chi connectivity index (χ1) is 13.9. The number of aliphatic imine (C=N–C) groups is 1. The quantitative estimate of drug-likeness (QED) is 0.204. The Labute approximate surface area is 193 Å². The summed E-state index contributed by atoms with van der Waals surface area (Å²) in [4.78, 5) is 6.64. The first-order valence-electron chi connectivity index (χ1n) is 9.90. The number of hydrogen-bond donors (Lipinski definition) is 2. The Morgan fingerprint density at radius 2 is 1.90 bits per heavy atom. The number of halogens is 4. The molecule has 1 unspecified atom stereocenters. The summed E-state index contributed by atoms with van der Waals surface area (Å²) in [6.07, 6.45) is -1.47. The third-order valence-electron chi connectivity index (χ3n) is 4.79. The second-order valence-corrected chi connectivity index (χ2v) is 6.90. The van der Waals surface area contributed by atoms with Crippen molar-refractivity contribution >= 4 is 29.9 Å². The molecular weight excluding hydrogens is 512 g/mol. The van der Waals surface area contributed by atoms with Gasteiger partial charge >= 0.3 is 6.18 Å². The SMILES string of the molecule is CN=C(NCCCOCC(F)(F)F)NCC(c1ccccc1OC)N1CCCC1.I. The van der Waals surface area contributed by atoms with Crippen LogP contribution < -0.4 is 15.4 Å². The molecule has 0 aromatic heterocycles. The molecule has 30 heavy (non-hydrogen) atoms. The number of ether oxygens (including phenoxy) is 2. The van der Waals surface area contributed by atoms with Crippen LogP contribution in [0.4, 0.5) is 13.2 Å². The van der Waals surface area contributed by atoms with Gasteiger partial charge in [0.25, 0.3) is 0 Å². The smallest absolute Gasteiger partial charge is 0.411 e. The number of para-hydroxylation sites is 1. The van der Waals surface area contributed by atoms with Crippen molar-refractivity contribution in [3.63, 3.8) is 0 Å². The van der Waals surface area contributed by atoms with E-state index in [4.69, 9.17) is 4.74 Å². The number of likely N-dealkylation sites (tertiary alicyclic amines) is 1. The summed E-state index contributed by atoms with van der Waals surface area (Å²) in [6.45, 7) is 2.02. The normalized spacial score (nSPS) is 16.1. The van der Waals surface area contributed by atoms with Gasteiger partial charge in [0, 0.05) is 32.3 Å². The Bertz CT molecular complexity index is 641. The van der Waals surface area contributed by atoms with Crippen LogP contribution in [0.3, 0.4) is 0 Å². The Morgan fingerprint density at radius 3 is 2.53 bits per heavy atom. The Kier molecular flexibility index (Phi) is 12.4. The van der Waals surface area contributed by atoms with Gasteiger partial charge in [0.05, 0.1) is 13.2 Å². The monoisotopic (exact) mass is 544 g/mol. The number of nitrogens with zero attached hydrogens (tertiary/aromatic N) is 2. The van der Waals surface area contributed by atoms with Crippen LogP contribution in [0.1, 0.15) is 30.9 Å². The van der Waals surface area contributed by atoms with Crippen LogP contribution >= 0.6 is 24.0 Å². The molecule has 172 valence electrons. The summed E-state index contributed by atoms with van der Waals surface area (Å²) in [7, 11) is 3.35. The molecule has 0 spiro atoms. The van der Waals surface area contributed by atoms with Gasteiger partial charge in [0.2, 0.25) is 0 Å². The fourth-order valence-corrected chi connectivity index (χ4v) is 3.41. The molecule has 0 aliphatic carbocycles. The van der Waals surface area contributed by atoms with E-state index in [-0.39, 0.29) is 36.6 Å². The molecule has 0 saturated carbocycles. The summed E-state index contributed by atoms with van der Waals surface area (Å²) in [5.41, 5.74) is 1.13. The van der Waals surface area contributed by atoms with Crippen molar-refractivity contribution in [2.75, 3.05) is 53.6 Å². The van der Waals surface area contributed by atoms with E-state index in [1.807, 2.05) is 18.2 Å². The molecule has 6 nitrogen and oxygen atoms in total. The molecule has 10 heteroatoms. The van der Waals surface area contributed by atoms with Crippen molar-refractivity contribution < 1.29 is 22.6 Å². The number of guanidine groups is 1. The summed E-state index contributed by atoms with van der Waals surface area (Å²) < 4.78 is 46.4. The zero-order chi connectivity index (χ0) is 21.1. The van der Waals surface area contributed by atoms with Crippen LogP contribution in [-0.2, 0) is 4.74 Å². The van der Waals surface area contributed by atoms with E-state index in [1.54, 1.807) is 14.2 Å². The van der Waals surface area contributed by atoms with E-state index in [2.05, 4.69) is 31.3 Å². The van der Waals surface area contributed by atoms with Crippen LogP contribution in [0.2, 0.25) is 0 Å². The number of methoxy groups -OCH3 is 1. The molecule has 1 aliphatic heterocycles. The van der Waals surface area contributed by atoms with E-state index < -0.39 is 12.8 Å². The molecule has 1 fully saturated rings. The van der Waals surface area contributed by atoms with Gasteiger partial charge in [0.1, 0.15) is 12.4 Å². The summed E-state index contributed by atoms with van der Waals surface area (Å²) in [5.74, 6) is 1.47. The zero-order valence-corrected chi connectivity index (χ0v) is 19.8. The fraction of sp³-hybridized carbons (Fsp3) is 0.650. The minimum atomic E-state index is -4.28. The molecular formula is C20H32F3IN4O2. The third kappa shape index (κ3) is 9.25. The second kappa shape index (κ2) is 13.9. The first kappa shape index (κ1) is 26.8. The minimum absolute atomic E-state index is 0. The average Bonchev–Trinajstić information content (AvgIpc) is 3.23. The molecule has 1 heterocycles. The zero-order valence-electron chi connectivity index (χ0n) is 17.5. The highest BCUT2D eigenvalue weighted by molar-refractivity contribution is 14.0. The van der Waals surface area contributed by atoms with E-state index in [0.29, 0.717) is 25.5 Å². The predicted molar refractivity (Wildman–Crippen MR) is 123 cm³/mol.